The van der Waals surface area contributed by atoms with Crippen LogP contribution in [0.25, 0.3) is 0 Å². The van der Waals surface area contributed by atoms with Gasteiger partial charge in [-0.25, -0.2) is 0 Å². The summed E-state index contributed by atoms with van der Waals surface area (Å²) >= 11 is 0. The quantitative estimate of drug-likeness (QED) is 0.570. The molecule has 0 unspecified atom stereocenters. The summed E-state index contributed by atoms with van der Waals surface area (Å²) < 4.78 is 4.88. The van der Waals surface area contributed by atoms with Gasteiger partial charge in [0.25, 0.3) is 5.97 Å². The molecule has 58 valence electrons. The minimum atomic E-state index is -0.0398. The molecule has 3 heteroatoms. The van der Waals surface area contributed by atoms with Crippen LogP contribution in [0.5, 0.6) is 0 Å². The van der Waals surface area contributed by atoms with Crippen molar-refractivity contribution < 1.29 is 9.22 Å². The van der Waals surface area contributed by atoms with Crippen LogP contribution in [0.4, 0.5) is 0 Å². The molecular weight excluding hydrogens is 144 g/mol. The maximum absolute atomic E-state index is 10.7. The third-order valence-corrected chi connectivity index (χ3v) is 1.73. The molecule has 0 aliphatic carbocycles. The van der Waals surface area contributed by atoms with Gasteiger partial charge in [-0.3, -0.25) is 4.79 Å². The predicted molar refractivity (Wildman–Crippen MR) is 41.9 cm³/mol. The van der Waals surface area contributed by atoms with Gasteiger partial charge in [0, 0.05) is 6.42 Å². The molecule has 0 fully saturated rings. The van der Waals surface area contributed by atoms with E-state index < -0.39 is 0 Å². The van der Waals surface area contributed by atoms with E-state index in [-0.39, 0.29) is 5.97 Å². The lowest BCUT2D eigenvalue weighted by molar-refractivity contribution is -0.134. The molecular formula is C7H14O2Si. The topological polar surface area (TPSA) is 26.3 Å². The molecule has 0 aliphatic rings. The number of hydrogen-bond donors (Lipinski definition) is 0. The second kappa shape index (κ2) is 6.80. The minimum absolute atomic E-state index is 0.0398. The average molecular weight is 158 g/mol. The number of unbranched alkanes of at least 4 members (excludes halogenated alkanes) is 1. The highest BCUT2D eigenvalue weighted by Gasteiger charge is 1.99. The molecule has 0 saturated carbocycles. The van der Waals surface area contributed by atoms with Crippen molar-refractivity contribution in [3.8, 4) is 0 Å². The van der Waals surface area contributed by atoms with Crippen molar-refractivity contribution in [2.75, 3.05) is 0 Å². The Hall–Kier alpha value is -0.313. The SMILES string of the molecule is CCCCC(=O)O[Si]CC. The summed E-state index contributed by atoms with van der Waals surface area (Å²) in [4.78, 5) is 10.7. The maximum Gasteiger partial charge on any atom is 0.314 e. The molecule has 0 saturated heterocycles. The van der Waals surface area contributed by atoms with Crippen LogP contribution in [-0.4, -0.2) is 15.7 Å². The van der Waals surface area contributed by atoms with E-state index in [1.807, 2.05) is 6.92 Å². The molecule has 0 atom stereocenters. The Morgan fingerprint density at radius 3 is 2.70 bits per heavy atom. The summed E-state index contributed by atoms with van der Waals surface area (Å²) in [5.74, 6) is -0.0398. The summed E-state index contributed by atoms with van der Waals surface area (Å²) in [6, 6.07) is 0.942. The van der Waals surface area contributed by atoms with Gasteiger partial charge in [-0.05, 0) is 12.5 Å². The first-order chi connectivity index (χ1) is 4.81. The molecule has 0 heterocycles. The van der Waals surface area contributed by atoms with Gasteiger partial charge in [-0.1, -0.05) is 20.3 Å². The van der Waals surface area contributed by atoms with E-state index in [9.17, 15) is 4.79 Å². The van der Waals surface area contributed by atoms with Gasteiger partial charge < -0.3 is 4.43 Å². The summed E-state index contributed by atoms with van der Waals surface area (Å²) in [5, 5.41) is 0. The highest BCUT2D eigenvalue weighted by molar-refractivity contribution is 6.30. The molecule has 0 aromatic rings. The highest BCUT2D eigenvalue weighted by Crippen LogP contribution is 1.95. The van der Waals surface area contributed by atoms with Crippen molar-refractivity contribution in [1.82, 2.24) is 0 Å². The molecule has 0 spiro atoms. The van der Waals surface area contributed by atoms with Crippen molar-refractivity contribution in [2.45, 2.75) is 39.2 Å². The molecule has 0 bridgehead atoms. The van der Waals surface area contributed by atoms with Crippen LogP contribution in [-0.2, 0) is 9.22 Å². The van der Waals surface area contributed by atoms with E-state index in [2.05, 4.69) is 6.92 Å². The highest BCUT2D eigenvalue weighted by atomic mass is 28.2. The summed E-state index contributed by atoms with van der Waals surface area (Å²) in [6.07, 6.45) is 2.60. The zero-order valence-corrected chi connectivity index (χ0v) is 7.64. The largest absolute Gasteiger partial charge is 0.516 e. The van der Waals surface area contributed by atoms with Crippen LogP contribution >= 0.6 is 0 Å². The van der Waals surface area contributed by atoms with E-state index in [0.717, 1.165) is 18.9 Å². The van der Waals surface area contributed by atoms with Crippen molar-refractivity contribution in [3.05, 3.63) is 0 Å². The Labute approximate surface area is 64.9 Å². The second-order valence-corrected chi connectivity index (χ2v) is 3.28. The van der Waals surface area contributed by atoms with Crippen molar-refractivity contribution >= 4 is 15.7 Å². The fraction of sp³-hybridized carbons (Fsp3) is 0.857. The van der Waals surface area contributed by atoms with Crippen LogP contribution in [0, 0.1) is 0 Å². The molecule has 0 N–H and O–H groups in total. The van der Waals surface area contributed by atoms with Gasteiger partial charge in [0.2, 0.25) is 0 Å². The zero-order chi connectivity index (χ0) is 7.82. The molecule has 0 aromatic carbocycles. The molecule has 0 amide bonds. The minimum Gasteiger partial charge on any atom is -0.516 e. The molecule has 0 rings (SSSR count). The van der Waals surface area contributed by atoms with Crippen LogP contribution in [0.2, 0.25) is 6.04 Å². The van der Waals surface area contributed by atoms with Gasteiger partial charge in [0.1, 0.15) is 0 Å². The Bertz CT molecular complexity index is 83.6. The lowest BCUT2D eigenvalue weighted by Crippen LogP contribution is -2.06. The van der Waals surface area contributed by atoms with E-state index in [0.29, 0.717) is 16.2 Å². The number of rotatable bonds is 5. The first-order valence-electron chi connectivity index (χ1n) is 3.73. The molecule has 2 radical (unpaired) electrons. The summed E-state index contributed by atoms with van der Waals surface area (Å²) in [7, 11) is 0.357. The Kier molecular flexibility index (Phi) is 6.59. The summed E-state index contributed by atoms with van der Waals surface area (Å²) in [6.45, 7) is 4.07. The van der Waals surface area contributed by atoms with E-state index in [1.165, 1.54) is 0 Å². The fourth-order valence-electron chi connectivity index (χ4n) is 0.525. The van der Waals surface area contributed by atoms with Gasteiger partial charge >= 0.3 is 9.76 Å². The summed E-state index contributed by atoms with van der Waals surface area (Å²) in [5.41, 5.74) is 0. The van der Waals surface area contributed by atoms with Crippen LogP contribution in [0.3, 0.4) is 0 Å². The van der Waals surface area contributed by atoms with Crippen LogP contribution in [0.1, 0.15) is 33.1 Å². The standard InChI is InChI=1S/C7H14O2Si/c1-3-5-6-7(8)9-10-4-2/h3-6H2,1-2H3. The van der Waals surface area contributed by atoms with Gasteiger partial charge in [-0.2, -0.15) is 0 Å². The van der Waals surface area contributed by atoms with E-state index >= 15 is 0 Å². The van der Waals surface area contributed by atoms with Crippen LogP contribution < -0.4 is 0 Å². The Morgan fingerprint density at radius 2 is 2.20 bits per heavy atom. The Morgan fingerprint density at radius 1 is 1.50 bits per heavy atom. The molecule has 2 nitrogen and oxygen atoms in total. The zero-order valence-electron chi connectivity index (χ0n) is 6.64. The van der Waals surface area contributed by atoms with Crippen molar-refractivity contribution in [3.63, 3.8) is 0 Å². The normalized spacial score (nSPS) is 9.40. The fourth-order valence-corrected chi connectivity index (χ4v) is 0.932. The second-order valence-electron chi connectivity index (χ2n) is 2.08. The maximum atomic E-state index is 10.7. The van der Waals surface area contributed by atoms with Gasteiger partial charge in [0.05, 0.1) is 0 Å². The monoisotopic (exact) mass is 158 g/mol. The average Bonchev–Trinajstić information content (AvgIpc) is 1.97. The first kappa shape index (κ1) is 9.69. The molecule has 0 aliphatic heterocycles. The van der Waals surface area contributed by atoms with Gasteiger partial charge in [-0.15, -0.1) is 0 Å². The Balaban J connectivity index is 3.09. The number of carbonyl (C=O) groups is 1. The van der Waals surface area contributed by atoms with Crippen LogP contribution in [0.15, 0.2) is 0 Å². The third-order valence-electron chi connectivity index (χ3n) is 1.06. The smallest absolute Gasteiger partial charge is 0.314 e. The first-order valence-corrected chi connectivity index (χ1v) is 4.85. The number of carbonyl (C=O) groups excluding carboxylic acids is 1. The third kappa shape index (κ3) is 5.82. The van der Waals surface area contributed by atoms with Crippen molar-refractivity contribution in [2.24, 2.45) is 0 Å². The lowest BCUT2D eigenvalue weighted by atomic mass is 10.3. The molecule has 10 heavy (non-hydrogen) atoms. The number of hydrogen-bond acceptors (Lipinski definition) is 2. The van der Waals surface area contributed by atoms with E-state index in [1.54, 1.807) is 0 Å². The predicted octanol–water partition coefficient (Wildman–Crippen LogP) is 1.78. The van der Waals surface area contributed by atoms with Gasteiger partial charge in [0.15, 0.2) is 0 Å². The van der Waals surface area contributed by atoms with Crippen molar-refractivity contribution in [1.29, 1.82) is 0 Å². The van der Waals surface area contributed by atoms with E-state index in [4.69, 9.17) is 4.43 Å². The molecule has 0 aromatic heterocycles. The lowest BCUT2D eigenvalue weighted by Gasteiger charge is -1.99.